The van der Waals surface area contributed by atoms with Gasteiger partial charge in [0.1, 0.15) is 5.67 Å². The lowest BCUT2D eigenvalue weighted by Gasteiger charge is -2.10. The molecule has 0 unspecified atom stereocenters. The summed E-state index contributed by atoms with van der Waals surface area (Å²) in [5, 5.41) is 6.42. The number of nitrogens with one attached hydrogen (secondary N) is 1. The Balaban J connectivity index is 2.57. The van der Waals surface area contributed by atoms with Crippen LogP contribution in [0.5, 0.6) is 0 Å². The summed E-state index contributed by atoms with van der Waals surface area (Å²) in [7, 11) is 0. The van der Waals surface area contributed by atoms with Gasteiger partial charge in [0.15, 0.2) is 0 Å². The Morgan fingerprint density at radius 2 is 2.40 bits per heavy atom. The molecule has 0 saturated carbocycles. The second-order valence-corrected chi connectivity index (χ2v) is 2.98. The van der Waals surface area contributed by atoms with E-state index in [0.29, 0.717) is 6.42 Å². The third-order valence-corrected chi connectivity index (χ3v) is 1.17. The minimum absolute atomic E-state index is 0.396. The van der Waals surface area contributed by atoms with Crippen molar-refractivity contribution in [3.8, 4) is 0 Å². The minimum atomic E-state index is -1.15. The Bertz CT molecular complexity index is 186. The summed E-state index contributed by atoms with van der Waals surface area (Å²) in [6, 6.07) is 1.78. The molecular formula is C7H11FN2. The van der Waals surface area contributed by atoms with E-state index in [-0.39, 0.29) is 0 Å². The lowest BCUT2D eigenvalue weighted by Crippen LogP contribution is -2.15. The van der Waals surface area contributed by atoms with E-state index in [0.717, 1.165) is 5.69 Å². The van der Waals surface area contributed by atoms with E-state index in [1.54, 1.807) is 26.1 Å². The zero-order valence-electron chi connectivity index (χ0n) is 6.19. The van der Waals surface area contributed by atoms with Gasteiger partial charge in [-0.25, -0.2) is 4.39 Å². The van der Waals surface area contributed by atoms with Crippen molar-refractivity contribution in [2.45, 2.75) is 25.9 Å². The third-order valence-electron chi connectivity index (χ3n) is 1.17. The molecule has 0 aliphatic rings. The number of rotatable bonds is 2. The first-order valence-corrected chi connectivity index (χ1v) is 3.25. The molecule has 0 aliphatic heterocycles. The molecule has 0 amide bonds. The van der Waals surface area contributed by atoms with E-state index in [9.17, 15) is 4.39 Å². The Labute approximate surface area is 59.5 Å². The van der Waals surface area contributed by atoms with Crippen LogP contribution in [-0.4, -0.2) is 15.9 Å². The molecule has 0 fully saturated rings. The Hall–Kier alpha value is -0.860. The van der Waals surface area contributed by atoms with Crippen molar-refractivity contribution in [3.05, 3.63) is 18.0 Å². The van der Waals surface area contributed by atoms with Gasteiger partial charge >= 0.3 is 0 Å². The molecule has 0 aromatic carbocycles. The molecule has 0 atom stereocenters. The predicted molar refractivity (Wildman–Crippen MR) is 37.5 cm³/mol. The highest BCUT2D eigenvalue weighted by molar-refractivity contribution is 5.00. The molecule has 56 valence electrons. The molecule has 0 radical (unpaired) electrons. The van der Waals surface area contributed by atoms with Gasteiger partial charge in [-0.3, -0.25) is 5.10 Å². The zero-order chi connectivity index (χ0) is 7.61. The third kappa shape index (κ3) is 2.17. The van der Waals surface area contributed by atoms with E-state index in [2.05, 4.69) is 10.2 Å². The van der Waals surface area contributed by atoms with Crippen LogP contribution in [0.15, 0.2) is 12.3 Å². The number of halogens is 1. The predicted octanol–water partition coefficient (Wildman–Crippen LogP) is 1.70. The Morgan fingerprint density at radius 1 is 1.70 bits per heavy atom. The topological polar surface area (TPSA) is 28.7 Å². The SMILES string of the molecule is CC(C)(F)Cc1ccn[nH]1. The van der Waals surface area contributed by atoms with Crippen LogP contribution in [0.4, 0.5) is 4.39 Å². The average molecular weight is 142 g/mol. The zero-order valence-corrected chi connectivity index (χ0v) is 6.19. The number of H-pyrrole nitrogens is 1. The molecule has 1 heterocycles. The van der Waals surface area contributed by atoms with Gasteiger partial charge in [0.25, 0.3) is 0 Å². The maximum atomic E-state index is 12.9. The molecule has 0 spiro atoms. The maximum absolute atomic E-state index is 12.9. The average Bonchev–Trinajstić information content (AvgIpc) is 2.12. The van der Waals surface area contributed by atoms with Crippen LogP contribution in [0.3, 0.4) is 0 Å². The molecule has 1 aromatic heterocycles. The maximum Gasteiger partial charge on any atom is 0.111 e. The lowest BCUT2D eigenvalue weighted by molar-refractivity contribution is 0.215. The summed E-state index contributed by atoms with van der Waals surface area (Å²) in [5.74, 6) is 0. The van der Waals surface area contributed by atoms with Crippen molar-refractivity contribution < 1.29 is 4.39 Å². The van der Waals surface area contributed by atoms with Crippen molar-refractivity contribution in [1.29, 1.82) is 0 Å². The van der Waals surface area contributed by atoms with E-state index in [1.807, 2.05) is 0 Å². The van der Waals surface area contributed by atoms with Crippen LogP contribution in [0.2, 0.25) is 0 Å². The molecule has 1 rings (SSSR count). The molecule has 2 nitrogen and oxygen atoms in total. The molecular weight excluding hydrogens is 131 g/mol. The van der Waals surface area contributed by atoms with E-state index >= 15 is 0 Å². The molecule has 0 bridgehead atoms. The van der Waals surface area contributed by atoms with Gasteiger partial charge in [-0.1, -0.05) is 0 Å². The van der Waals surface area contributed by atoms with Gasteiger partial charge in [-0.2, -0.15) is 5.10 Å². The first-order chi connectivity index (χ1) is 4.58. The largest absolute Gasteiger partial charge is 0.282 e. The normalized spacial score (nSPS) is 11.9. The summed E-state index contributed by atoms with van der Waals surface area (Å²) < 4.78 is 12.9. The summed E-state index contributed by atoms with van der Waals surface area (Å²) in [5.41, 5.74) is -0.306. The standard InChI is InChI=1S/C7H11FN2/c1-7(2,8)5-6-3-4-9-10-6/h3-4H,5H2,1-2H3,(H,9,10). The van der Waals surface area contributed by atoms with Crippen molar-refractivity contribution in [1.82, 2.24) is 10.2 Å². The van der Waals surface area contributed by atoms with Gasteiger partial charge in [0.05, 0.1) is 0 Å². The van der Waals surface area contributed by atoms with Crippen LogP contribution in [-0.2, 0) is 6.42 Å². The number of nitrogens with zero attached hydrogens (tertiary/aromatic N) is 1. The second kappa shape index (κ2) is 2.40. The van der Waals surface area contributed by atoms with Crippen molar-refractivity contribution in [2.75, 3.05) is 0 Å². The summed E-state index contributed by atoms with van der Waals surface area (Å²) in [6.07, 6.45) is 2.02. The van der Waals surface area contributed by atoms with Gasteiger partial charge in [0.2, 0.25) is 0 Å². The first-order valence-electron chi connectivity index (χ1n) is 3.25. The van der Waals surface area contributed by atoms with E-state index in [4.69, 9.17) is 0 Å². The fraction of sp³-hybridized carbons (Fsp3) is 0.571. The van der Waals surface area contributed by atoms with E-state index < -0.39 is 5.67 Å². The van der Waals surface area contributed by atoms with Crippen LogP contribution in [0.1, 0.15) is 19.5 Å². The van der Waals surface area contributed by atoms with Crippen molar-refractivity contribution in [2.24, 2.45) is 0 Å². The van der Waals surface area contributed by atoms with Gasteiger partial charge in [-0.15, -0.1) is 0 Å². The highest BCUT2D eigenvalue weighted by Crippen LogP contribution is 2.13. The Morgan fingerprint density at radius 3 is 2.80 bits per heavy atom. The lowest BCUT2D eigenvalue weighted by atomic mass is 10.1. The minimum Gasteiger partial charge on any atom is -0.282 e. The Kier molecular flexibility index (Phi) is 1.74. The molecule has 1 N–H and O–H groups in total. The molecule has 10 heavy (non-hydrogen) atoms. The number of hydrogen-bond donors (Lipinski definition) is 1. The molecule has 0 saturated heterocycles. The van der Waals surface area contributed by atoms with Crippen LogP contribution in [0, 0.1) is 0 Å². The van der Waals surface area contributed by atoms with Crippen molar-refractivity contribution in [3.63, 3.8) is 0 Å². The number of hydrogen-bond acceptors (Lipinski definition) is 1. The second-order valence-electron chi connectivity index (χ2n) is 2.98. The van der Waals surface area contributed by atoms with Crippen LogP contribution < -0.4 is 0 Å². The highest BCUT2D eigenvalue weighted by Gasteiger charge is 2.16. The van der Waals surface area contributed by atoms with Gasteiger partial charge in [0, 0.05) is 18.3 Å². The smallest absolute Gasteiger partial charge is 0.111 e. The summed E-state index contributed by atoms with van der Waals surface area (Å²) >= 11 is 0. The highest BCUT2D eigenvalue weighted by atomic mass is 19.1. The number of aromatic amines is 1. The fourth-order valence-electron chi connectivity index (χ4n) is 0.836. The van der Waals surface area contributed by atoms with Crippen LogP contribution in [0.25, 0.3) is 0 Å². The quantitative estimate of drug-likeness (QED) is 0.669. The monoisotopic (exact) mass is 142 g/mol. The molecule has 3 heteroatoms. The van der Waals surface area contributed by atoms with Crippen molar-refractivity contribution >= 4 is 0 Å². The number of aromatic nitrogens is 2. The van der Waals surface area contributed by atoms with Gasteiger partial charge < -0.3 is 0 Å². The number of alkyl halides is 1. The summed E-state index contributed by atoms with van der Waals surface area (Å²) in [4.78, 5) is 0. The fourth-order valence-corrected chi connectivity index (χ4v) is 0.836. The first kappa shape index (κ1) is 7.25. The molecule has 0 aliphatic carbocycles. The molecule has 1 aromatic rings. The van der Waals surface area contributed by atoms with Gasteiger partial charge in [-0.05, 0) is 19.9 Å². The summed E-state index contributed by atoms with van der Waals surface area (Å²) in [6.45, 7) is 3.10. The van der Waals surface area contributed by atoms with E-state index in [1.165, 1.54) is 0 Å². The van der Waals surface area contributed by atoms with Crippen LogP contribution >= 0.6 is 0 Å².